The second-order valence-electron chi connectivity index (χ2n) is 6.30. The molecule has 2 aromatic rings. The van der Waals surface area contributed by atoms with Crippen molar-refractivity contribution in [2.24, 2.45) is 0 Å². The highest BCUT2D eigenvalue weighted by atomic mass is 16.5. The molecule has 2 aromatic heterocycles. The van der Waals surface area contributed by atoms with Crippen LogP contribution in [0.25, 0.3) is 0 Å². The zero-order chi connectivity index (χ0) is 16.4. The molecule has 0 amide bonds. The van der Waals surface area contributed by atoms with Gasteiger partial charge in [-0.05, 0) is 12.8 Å². The minimum absolute atomic E-state index is 0.328. The van der Waals surface area contributed by atoms with Gasteiger partial charge in [-0.1, -0.05) is 0 Å². The minimum atomic E-state index is 0.328. The van der Waals surface area contributed by atoms with Crippen LogP contribution in [0.1, 0.15) is 24.6 Å². The van der Waals surface area contributed by atoms with Crippen LogP contribution in [0.4, 0.5) is 17.6 Å². The van der Waals surface area contributed by atoms with E-state index in [9.17, 15) is 0 Å². The maximum Gasteiger partial charge on any atom is 0.223 e. The fourth-order valence-electron chi connectivity index (χ4n) is 3.47. The Morgan fingerprint density at radius 3 is 2.67 bits per heavy atom. The average Bonchev–Trinajstić information content (AvgIpc) is 3.17. The first-order valence-electron chi connectivity index (χ1n) is 8.51. The van der Waals surface area contributed by atoms with Crippen molar-refractivity contribution < 1.29 is 4.74 Å². The first kappa shape index (κ1) is 15.2. The Labute approximate surface area is 141 Å². The van der Waals surface area contributed by atoms with E-state index in [1.54, 1.807) is 0 Å². The Bertz CT molecular complexity index is 669. The van der Waals surface area contributed by atoms with Gasteiger partial charge >= 0.3 is 0 Å². The highest BCUT2D eigenvalue weighted by Crippen LogP contribution is 2.29. The number of nitrogen functional groups attached to an aromatic ring is 1. The number of aromatic amines is 1. The third-order valence-electron chi connectivity index (χ3n) is 4.70. The molecule has 1 atom stereocenters. The highest BCUT2D eigenvalue weighted by molar-refractivity contribution is 5.54. The summed E-state index contributed by atoms with van der Waals surface area (Å²) in [5.74, 6) is 3.57. The van der Waals surface area contributed by atoms with Crippen molar-refractivity contribution >= 4 is 17.6 Å². The molecule has 3 N–H and O–H groups in total. The number of anilines is 3. The van der Waals surface area contributed by atoms with Crippen molar-refractivity contribution in [2.75, 3.05) is 54.9 Å². The van der Waals surface area contributed by atoms with Gasteiger partial charge in [-0.2, -0.15) is 9.97 Å². The normalized spacial score (nSPS) is 21.9. The highest BCUT2D eigenvalue weighted by Gasteiger charge is 2.25. The number of piperidine rings is 1. The number of H-pyrrole nitrogens is 1. The lowest BCUT2D eigenvalue weighted by molar-refractivity contribution is 0.122. The van der Waals surface area contributed by atoms with E-state index in [2.05, 4.69) is 29.7 Å². The van der Waals surface area contributed by atoms with Crippen LogP contribution >= 0.6 is 0 Å². The number of ether oxygens (including phenoxy) is 1. The molecule has 4 rings (SSSR count). The molecule has 2 aliphatic heterocycles. The molecule has 8 nitrogen and oxygen atoms in total. The van der Waals surface area contributed by atoms with Gasteiger partial charge in [0.15, 0.2) is 0 Å². The van der Waals surface area contributed by atoms with Crippen LogP contribution in [0.3, 0.4) is 0 Å². The van der Waals surface area contributed by atoms with Crippen molar-refractivity contribution in [1.29, 1.82) is 0 Å². The number of aromatic nitrogens is 4. The molecule has 128 valence electrons. The Morgan fingerprint density at radius 1 is 1.12 bits per heavy atom. The molecule has 0 aromatic carbocycles. The number of nitrogens with zero attached hydrogens (tertiary/aromatic N) is 5. The summed E-state index contributed by atoms with van der Waals surface area (Å²) < 4.78 is 5.42. The van der Waals surface area contributed by atoms with Gasteiger partial charge in [0.25, 0.3) is 0 Å². The molecule has 8 heteroatoms. The predicted molar refractivity (Wildman–Crippen MR) is 92.3 cm³/mol. The third-order valence-corrected chi connectivity index (χ3v) is 4.70. The van der Waals surface area contributed by atoms with E-state index in [1.807, 2.05) is 18.5 Å². The van der Waals surface area contributed by atoms with Crippen LogP contribution in [0, 0.1) is 0 Å². The van der Waals surface area contributed by atoms with Crippen molar-refractivity contribution in [1.82, 2.24) is 19.9 Å². The van der Waals surface area contributed by atoms with Gasteiger partial charge < -0.3 is 25.3 Å². The molecule has 0 radical (unpaired) electrons. The summed E-state index contributed by atoms with van der Waals surface area (Å²) in [5.41, 5.74) is 5.98. The molecule has 4 heterocycles. The van der Waals surface area contributed by atoms with E-state index in [0.717, 1.165) is 69.7 Å². The molecule has 2 saturated heterocycles. The second kappa shape index (κ2) is 6.64. The smallest absolute Gasteiger partial charge is 0.223 e. The molecular formula is C16H23N7O. The Balaban J connectivity index is 1.55. The molecule has 0 bridgehead atoms. The van der Waals surface area contributed by atoms with E-state index < -0.39 is 0 Å². The Hall–Kier alpha value is -2.35. The summed E-state index contributed by atoms with van der Waals surface area (Å²) in [6.07, 6.45) is 5.95. The molecule has 0 spiro atoms. The van der Waals surface area contributed by atoms with Crippen molar-refractivity contribution in [3.8, 4) is 0 Å². The van der Waals surface area contributed by atoms with Crippen molar-refractivity contribution in [2.45, 2.75) is 18.8 Å². The topological polar surface area (TPSA) is 96.2 Å². The quantitative estimate of drug-likeness (QED) is 0.867. The molecule has 2 aliphatic rings. The maximum atomic E-state index is 5.98. The van der Waals surface area contributed by atoms with Crippen LogP contribution in [0.5, 0.6) is 0 Å². The number of rotatable bonds is 3. The summed E-state index contributed by atoms with van der Waals surface area (Å²) in [7, 11) is 0. The van der Waals surface area contributed by atoms with Gasteiger partial charge in [-0.25, -0.2) is 4.98 Å². The number of nitrogens with one attached hydrogen (secondary N) is 1. The fraction of sp³-hybridized carbons (Fsp3) is 0.562. The number of morpholine rings is 1. The molecule has 2 fully saturated rings. The first-order valence-corrected chi connectivity index (χ1v) is 8.51. The van der Waals surface area contributed by atoms with Gasteiger partial charge in [0.05, 0.1) is 13.2 Å². The van der Waals surface area contributed by atoms with Crippen LogP contribution < -0.4 is 15.5 Å². The maximum absolute atomic E-state index is 5.98. The Morgan fingerprint density at radius 2 is 1.92 bits per heavy atom. The zero-order valence-electron chi connectivity index (χ0n) is 13.7. The monoisotopic (exact) mass is 329 g/mol. The molecule has 24 heavy (non-hydrogen) atoms. The Kier molecular flexibility index (Phi) is 4.20. The van der Waals surface area contributed by atoms with Crippen molar-refractivity contribution in [3.05, 3.63) is 24.3 Å². The van der Waals surface area contributed by atoms with Crippen LogP contribution in [-0.4, -0.2) is 59.3 Å². The number of hydrogen-bond donors (Lipinski definition) is 2. The van der Waals surface area contributed by atoms with Gasteiger partial charge in [0.1, 0.15) is 17.5 Å². The lowest BCUT2D eigenvalue weighted by Gasteiger charge is -2.34. The zero-order valence-corrected chi connectivity index (χ0v) is 13.7. The summed E-state index contributed by atoms with van der Waals surface area (Å²) in [6, 6.07) is 2.05. The predicted octanol–water partition coefficient (Wildman–Crippen LogP) is 1.00. The third kappa shape index (κ3) is 3.14. The van der Waals surface area contributed by atoms with E-state index in [0.29, 0.717) is 11.9 Å². The number of nitrogens with two attached hydrogens (primary N) is 1. The van der Waals surface area contributed by atoms with E-state index in [-0.39, 0.29) is 0 Å². The molecule has 0 saturated carbocycles. The van der Waals surface area contributed by atoms with Gasteiger partial charge in [0, 0.05) is 50.6 Å². The van der Waals surface area contributed by atoms with E-state index >= 15 is 0 Å². The molecule has 0 aliphatic carbocycles. The van der Waals surface area contributed by atoms with Crippen LogP contribution in [0.15, 0.2) is 18.5 Å². The van der Waals surface area contributed by atoms with Crippen LogP contribution in [-0.2, 0) is 4.74 Å². The average molecular weight is 329 g/mol. The number of hydrogen-bond acceptors (Lipinski definition) is 7. The van der Waals surface area contributed by atoms with Gasteiger partial charge in [-0.15, -0.1) is 0 Å². The largest absolute Gasteiger partial charge is 0.378 e. The summed E-state index contributed by atoms with van der Waals surface area (Å²) in [5, 5.41) is 0. The lowest BCUT2D eigenvalue weighted by atomic mass is 9.97. The fourth-order valence-corrected chi connectivity index (χ4v) is 3.47. The standard InChI is InChI=1S/C16H23N7O/c17-16-20-13(22-6-8-24-9-7-22)10-14(21-16)23-5-1-2-12(11-23)15-18-3-4-19-15/h3-4,10,12H,1-2,5-9,11H2,(H,18,19)(H2,17,20,21). The van der Waals surface area contributed by atoms with Gasteiger partial charge in [-0.3, -0.25) is 0 Å². The second-order valence-corrected chi connectivity index (χ2v) is 6.30. The summed E-state index contributed by atoms with van der Waals surface area (Å²) in [6.45, 7) is 5.01. The minimum Gasteiger partial charge on any atom is -0.378 e. The van der Waals surface area contributed by atoms with Crippen LogP contribution in [0.2, 0.25) is 0 Å². The summed E-state index contributed by atoms with van der Waals surface area (Å²) >= 11 is 0. The SMILES string of the molecule is Nc1nc(N2CCOCC2)cc(N2CCCC(c3ncc[nH]3)C2)n1. The summed E-state index contributed by atoms with van der Waals surface area (Å²) in [4.78, 5) is 21.0. The molecule has 1 unspecified atom stereocenters. The molecular weight excluding hydrogens is 306 g/mol. The van der Waals surface area contributed by atoms with Crippen molar-refractivity contribution in [3.63, 3.8) is 0 Å². The number of imidazole rings is 1. The van der Waals surface area contributed by atoms with Gasteiger partial charge in [0.2, 0.25) is 5.95 Å². The first-order chi connectivity index (χ1) is 11.8. The lowest BCUT2D eigenvalue weighted by Crippen LogP contribution is -2.38. The van der Waals surface area contributed by atoms with E-state index in [4.69, 9.17) is 10.5 Å². The van der Waals surface area contributed by atoms with E-state index in [1.165, 1.54) is 0 Å².